The van der Waals surface area contributed by atoms with Crippen molar-refractivity contribution in [3.63, 3.8) is 0 Å². The highest BCUT2D eigenvalue weighted by atomic mass is 32.1. The number of aromatic nitrogens is 2. The van der Waals surface area contributed by atoms with E-state index in [1.165, 1.54) is 27.8 Å². The molecule has 25 heavy (non-hydrogen) atoms. The summed E-state index contributed by atoms with van der Waals surface area (Å²) in [7, 11) is 1.84. The van der Waals surface area contributed by atoms with Crippen LogP contribution in [0.4, 0.5) is 4.39 Å². The number of aryl methyl sites for hydroxylation is 3. The molecule has 1 aliphatic rings. The summed E-state index contributed by atoms with van der Waals surface area (Å²) in [6.45, 7) is 0. The van der Waals surface area contributed by atoms with Gasteiger partial charge in [-0.2, -0.15) is 0 Å². The number of nitrogens with zero attached hydrogens (tertiary/aromatic N) is 2. The van der Waals surface area contributed by atoms with E-state index in [2.05, 4.69) is 10.3 Å². The summed E-state index contributed by atoms with van der Waals surface area (Å²) in [4.78, 5) is 19.1. The van der Waals surface area contributed by atoms with Crippen molar-refractivity contribution in [1.29, 1.82) is 0 Å². The van der Waals surface area contributed by atoms with Crippen molar-refractivity contribution in [1.82, 2.24) is 14.9 Å². The number of hydrogen-bond acceptors (Lipinski definition) is 3. The van der Waals surface area contributed by atoms with Gasteiger partial charge in [0.25, 0.3) is 5.91 Å². The van der Waals surface area contributed by atoms with Crippen LogP contribution < -0.4 is 5.32 Å². The lowest BCUT2D eigenvalue weighted by molar-refractivity contribution is 0.0944. The zero-order valence-electron chi connectivity index (χ0n) is 13.8. The molecule has 0 fully saturated rings. The molecule has 128 valence electrons. The SMILES string of the molecule is Cn1ccnc1[C@H](NC(=O)c1cc2c(s1)CCC2)c1ccccc1F. The van der Waals surface area contributed by atoms with Crippen LogP contribution >= 0.6 is 11.3 Å². The van der Waals surface area contributed by atoms with Crippen LogP contribution in [-0.4, -0.2) is 15.5 Å². The Morgan fingerprint density at radius 3 is 2.92 bits per heavy atom. The van der Waals surface area contributed by atoms with Crippen LogP contribution in [0.3, 0.4) is 0 Å². The molecule has 1 N–H and O–H groups in total. The zero-order chi connectivity index (χ0) is 17.4. The average Bonchev–Trinajstić information content (AvgIpc) is 3.29. The summed E-state index contributed by atoms with van der Waals surface area (Å²) in [5, 5.41) is 2.97. The van der Waals surface area contributed by atoms with Gasteiger partial charge in [-0.15, -0.1) is 11.3 Å². The average molecular weight is 355 g/mol. The zero-order valence-corrected chi connectivity index (χ0v) is 14.6. The van der Waals surface area contributed by atoms with E-state index in [0.717, 1.165) is 19.3 Å². The molecular formula is C19H18FN3OS. The molecule has 1 atom stereocenters. The minimum Gasteiger partial charge on any atom is -0.337 e. The van der Waals surface area contributed by atoms with Crippen molar-refractivity contribution >= 4 is 17.2 Å². The smallest absolute Gasteiger partial charge is 0.262 e. The molecule has 0 aliphatic heterocycles. The van der Waals surface area contributed by atoms with Gasteiger partial charge in [-0.05, 0) is 37.0 Å². The van der Waals surface area contributed by atoms with Gasteiger partial charge in [0, 0.05) is 29.9 Å². The summed E-state index contributed by atoms with van der Waals surface area (Å²) in [5.74, 6) is 0.0580. The maximum atomic E-state index is 14.4. The number of amides is 1. The van der Waals surface area contributed by atoms with E-state index in [9.17, 15) is 9.18 Å². The highest BCUT2D eigenvalue weighted by Crippen LogP contribution is 2.31. The number of nitrogens with one attached hydrogen (secondary N) is 1. The summed E-state index contributed by atoms with van der Waals surface area (Å²) in [6.07, 6.45) is 6.68. The minimum absolute atomic E-state index is 0.185. The van der Waals surface area contributed by atoms with Crippen molar-refractivity contribution in [2.24, 2.45) is 7.05 Å². The van der Waals surface area contributed by atoms with Crippen LogP contribution in [0.15, 0.2) is 42.7 Å². The van der Waals surface area contributed by atoms with Crippen LogP contribution in [-0.2, 0) is 19.9 Å². The highest BCUT2D eigenvalue weighted by molar-refractivity contribution is 7.14. The van der Waals surface area contributed by atoms with Gasteiger partial charge in [0.1, 0.15) is 17.7 Å². The Bertz CT molecular complexity index is 909. The van der Waals surface area contributed by atoms with Crippen LogP contribution in [0.25, 0.3) is 0 Å². The fourth-order valence-electron chi connectivity index (χ4n) is 3.29. The van der Waals surface area contributed by atoms with Crippen LogP contribution in [0.5, 0.6) is 0 Å². The van der Waals surface area contributed by atoms with Gasteiger partial charge in [0.2, 0.25) is 0 Å². The summed E-state index contributed by atoms with van der Waals surface area (Å²) in [5.41, 5.74) is 1.68. The number of thiophene rings is 1. The molecule has 0 spiro atoms. The molecular weight excluding hydrogens is 337 g/mol. The number of benzene rings is 1. The normalized spacial score (nSPS) is 14.3. The topological polar surface area (TPSA) is 46.9 Å². The fraction of sp³-hybridized carbons (Fsp3) is 0.263. The number of rotatable bonds is 4. The number of fused-ring (bicyclic) bond motifs is 1. The number of carbonyl (C=O) groups excluding carboxylic acids is 1. The Hall–Kier alpha value is -2.47. The van der Waals surface area contributed by atoms with Crippen LogP contribution in [0, 0.1) is 5.82 Å². The number of carbonyl (C=O) groups is 1. The van der Waals surface area contributed by atoms with Crippen LogP contribution in [0.1, 0.15) is 44.0 Å². The second kappa shape index (κ2) is 6.44. The lowest BCUT2D eigenvalue weighted by Crippen LogP contribution is -2.31. The standard InChI is InChI=1S/C19H18FN3OS/c1-23-10-9-21-18(23)17(13-6-2-3-7-14(13)20)22-19(24)16-11-12-5-4-8-15(12)25-16/h2-3,6-7,9-11,17H,4-5,8H2,1H3,(H,22,24)/t17-/m1/s1. The van der Waals surface area contributed by atoms with Gasteiger partial charge < -0.3 is 9.88 Å². The first-order chi connectivity index (χ1) is 12.1. The van der Waals surface area contributed by atoms with E-state index in [0.29, 0.717) is 16.3 Å². The largest absolute Gasteiger partial charge is 0.337 e. The number of halogens is 1. The van der Waals surface area contributed by atoms with Gasteiger partial charge in [-0.3, -0.25) is 4.79 Å². The minimum atomic E-state index is -0.634. The van der Waals surface area contributed by atoms with E-state index in [1.54, 1.807) is 35.2 Å². The maximum Gasteiger partial charge on any atom is 0.262 e. The predicted octanol–water partition coefficient (Wildman–Crippen LogP) is 3.63. The van der Waals surface area contributed by atoms with E-state index >= 15 is 0 Å². The fourth-order valence-corrected chi connectivity index (χ4v) is 4.45. The Kier molecular flexibility index (Phi) is 4.13. The highest BCUT2D eigenvalue weighted by Gasteiger charge is 2.26. The van der Waals surface area contributed by atoms with E-state index in [-0.39, 0.29) is 11.7 Å². The van der Waals surface area contributed by atoms with Crippen molar-refractivity contribution in [3.05, 3.63) is 75.2 Å². The van der Waals surface area contributed by atoms with Gasteiger partial charge in [0.15, 0.2) is 0 Å². The molecule has 3 aromatic rings. The quantitative estimate of drug-likeness (QED) is 0.777. The maximum absolute atomic E-state index is 14.4. The molecule has 6 heteroatoms. The first-order valence-corrected chi connectivity index (χ1v) is 9.09. The lowest BCUT2D eigenvalue weighted by atomic mass is 10.1. The molecule has 1 aromatic carbocycles. The summed E-state index contributed by atoms with van der Waals surface area (Å²) in [6, 6.07) is 7.82. The Labute approximate surface area is 149 Å². The molecule has 0 unspecified atom stereocenters. The van der Waals surface area contributed by atoms with Gasteiger partial charge in [-0.1, -0.05) is 18.2 Å². The van der Waals surface area contributed by atoms with Crippen LogP contribution in [0.2, 0.25) is 0 Å². The van der Waals surface area contributed by atoms with Crippen molar-refractivity contribution < 1.29 is 9.18 Å². The third-order valence-electron chi connectivity index (χ3n) is 4.58. The van der Waals surface area contributed by atoms with Crippen molar-refractivity contribution in [2.75, 3.05) is 0 Å². The molecule has 2 aromatic heterocycles. The molecule has 4 nitrogen and oxygen atoms in total. The monoisotopic (exact) mass is 355 g/mol. The molecule has 1 aliphatic carbocycles. The predicted molar refractivity (Wildman–Crippen MR) is 95.3 cm³/mol. The molecule has 0 bridgehead atoms. The van der Waals surface area contributed by atoms with Gasteiger partial charge in [0.05, 0.1) is 4.88 Å². The Balaban J connectivity index is 1.67. The third kappa shape index (κ3) is 2.98. The Morgan fingerprint density at radius 1 is 1.36 bits per heavy atom. The molecule has 4 rings (SSSR count). The summed E-state index contributed by atoms with van der Waals surface area (Å²) < 4.78 is 16.2. The van der Waals surface area contributed by atoms with Gasteiger partial charge in [-0.25, -0.2) is 9.37 Å². The molecule has 1 amide bonds. The lowest BCUT2D eigenvalue weighted by Gasteiger charge is -2.19. The van der Waals surface area contributed by atoms with Crippen molar-refractivity contribution in [2.45, 2.75) is 25.3 Å². The molecule has 0 radical (unpaired) electrons. The molecule has 0 saturated carbocycles. The molecule has 2 heterocycles. The second-order valence-corrected chi connectivity index (χ2v) is 7.37. The summed E-state index contributed by atoms with van der Waals surface area (Å²) >= 11 is 1.54. The van der Waals surface area contributed by atoms with Crippen molar-refractivity contribution in [3.8, 4) is 0 Å². The Morgan fingerprint density at radius 2 is 2.20 bits per heavy atom. The number of hydrogen-bond donors (Lipinski definition) is 1. The molecule has 0 saturated heterocycles. The number of imidazole rings is 1. The third-order valence-corrected chi connectivity index (χ3v) is 5.81. The van der Waals surface area contributed by atoms with E-state index in [1.807, 2.05) is 13.1 Å². The second-order valence-electron chi connectivity index (χ2n) is 6.24. The first-order valence-electron chi connectivity index (χ1n) is 8.27. The van der Waals surface area contributed by atoms with E-state index < -0.39 is 6.04 Å². The van der Waals surface area contributed by atoms with E-state index in [4.69, 9.17) is 0 Å². The first kappa shape index (κ1) is 16.0. The van der Waals surface area contributed by atoms with Gasteiger partial charge >= 0.3 is 0 Å².